The van der Waals surface area contributed by atoms with E-state index in [1.54, 1.807) is 6.20 Å². The lowest BCUT2D eigenvalue weighted by Crippen LogP contribution is -2.15. The summed E-state index contributed by atoms with van der Waals surface area (Å²) in [4.78, 5) is 7.15. The average Bonchev–Trinajstić information content (AvgIpc) is 2.60. The summed E-state index contributed by atoms with van der Waals surface area (Å²) in [5.41, 5.74) is 0. The van der Waals surface area contributed by atoms with E-state index in [0.717, 1.165) is 5.95 Å². The van der Waals surface area contributed by atoms with E-state index in [2.05, 4.69) is 15.3 Å². The van der Waals surface area contributed by atoms with E-state index in [-0.39, 0.29) is 0 Å². The Bertz CT molecular complexity index is 199. The molecule has 0 radical (unpaired) electrons. The second-order valence-electron chi connectivity index (χ2n) is 3.06. The summed E-state index contributed by atoms with van der Waals surface area (Å²) in [6.45, 7) is 0. The third-order valence-electron chi connectivity index (χ3n) is 2.19. The Hall–Kier alpha value is -0.990. The summed E-state index contributed by atoms with van der Waals surface area (Å²) in [5, 5.41) is 3.35. The van der Waals surface area contributed by atoms with Crippen LogP contribution in [0.25, 0.3) is 0 Å². The molecule has 0 aromatic carbocycles. The third-order valence-corrected chi connectivity index (χ3v) is 2.19. The first kappa shape index (κ1) is 6.70. The summed E-state index contributed by atoms with van der Waals surface area (Å²) >= 11 is 0. The van der Waals surface area contributed by atoms with Crippen molar-refractivity contribution in [3.05, 3.63) is 12.4 Å². The molecule has 60 valence electrons. The lowest BCUT2D eigenvalue weighted by atomic mass is 10.3. The van der Waals surface area contributed by atoms with Gasteiger partial charge >= 0.3 is 0 Å². The molecular formula is C8H13N3. The first-order valence-electron chi connectivity index (χ1n) is 4.21. The molecule has 1 heterocycles. The maximum absolute atomic E-state index is 4.11. The van der Waals surface area contributed by atoms with Crippen LogP contribution in [0.1, 0.15) is 25.7 Å². The summed E-state index contributed by atoms with van der Waals surface area (Å²) in [7, 11) is 0. The van der Waals surface area contributed by atoms with Gasteiger partial charge in [0.2, 0.25) is 0 Å². The minimum Gasteiger partial charge on any atom is -0.353 e. The van der Waals surface area contributed by atoms with Crippen molar-refractivity contribution < 1.29 is 0 Å². The summed E-state index contributed by atoms with van der Waals surface area (Å²) in [6, 6.07) is 0.654. The highest BCUT2D eigenvalue weighted by Crippen LogP contribution is 2.20. The monoisotopic (exact) mass is 151 g/mol. The molecule has 1 aromatic heterocycles. The molecule has 2 rings (SSSR count). The van der Waals surface area contributed by atoms with Gasteiger partial charge < -0.3 is 10.3 Å². The van der Waals surface area contributed by atoms with Crippen LogP contribution in [0.5, 0.6) is 0 Å². The van der Waals surface area contributed by atoms with Crippen molar-refractivity contribution in [1.29, 1.82) is 0 Å². The van der Waals surface area contributed by atoms with Gasteiger partial charge in [-0.05, 0) is 12.8 Å². The van der Waals surface area contributed by atoms with Crippen LogP contribution in [0.15, 0.2) is 12.4 Å². The lowest BCUT2D eigenvalue weighted by molar-refractivity contribution is 0.747. The zero-order chi connectivity index (χ0) is 7.52. The summed E-state index contributed by atoms with van der Waals surface area (Å²) < 4.78 is 0. The van der Waals surface area contributed by atoms with Crippen LogP contribution in [-0.2, 0) is 0 Å². The number of aromatic nitrogens is 2. The molecule has 0 amide bonds. The van der Waals surface area contributed by atoms with Crippen molar-refractivity contribution in [2.24, 2.45) is 0 Å². The summed E-state index contributed by atoms with van der Waals surface area (Å²) in [6.07, 6.45) is 8.92. The molecule has 11 heavy (non-hydrogen) atoms. The normalized spacial score (nSPS) is 18.9. The first-order chi connectivity index (χ1) is 5.45. The smallest absolute Gasteiger partial charge is 0.200 e. The van der Waals surface area contributed by atoms with Gasteiger partial charge in [0, 0.05) is 18.4 Å². The fourth-order valence-corrected chi connectivity index (χ4v) is 1.61. The fraction of sp³-hybridized carbons (Fsp3) is 0.625. The van der Waals surface area contributed by atoms with Gasteiger partial charge in [0.25, 0.3) is 0 Å². The van der Waals surface area contributed by atoms with E-state index in [0.29, 0.717) is 6.04 Å². The molecule has 1 fully saturated rings. The highest BCUT2D eigenvalue weighted by atomic mass is 15.1. The molecule has 0 bridgehead atoms. The van der Waals surface area contributed by atoms with Gasteiger partial charge in [-0.2, -0.15) is 0 Å². The largest absolute Gasteiger partial charge is 0.353 e. The summed E-state index contributed by atoms with van der Waals surface area (Å²) in [5.74, 6) is 0.914. The van der Waals surface area contributed by atoms with E-state index in [4.69, 9.17) is 0 Å². The van der Waals surface area contributed by atoms with Crippen molar-refractivity contribution in [2.75, 3.05) is 5.32 Å². The Morgan fingerprint density at radius 1 is 1.45 bits per heavy atom. The molecule has 0 saturated heterocycles. The molecule has 3 heteroatoms. The Balaban J connectivity index is 1.90. The number of hydrogen-bond donors (Lipinski definition) is 2. The molecular weight excluding hydrogens is 138 g/mol. The van der Waals surface area contributed by atoms with Gasteiger partial charge in [0.1, 0.15) is 0 Å². The maximum atomic E-state index is 4.11. The topological polar surface area (TPSA) is 40.7 Å². The van der Waals surface area contributed by atoms with Crippen LogP contribution in [-0.4, -0.2) is 16.0 Å². The van der Waals surface area contributed by atoms with E-state index in [1.807, 2.05) is 6.20 Å². The van der Waals surface area contributed by atoms with Crippen molar-refractivity contribution in [3.63, 3.8) is 0 Å². The third kappa shape index (κ3) is 1.53. The number of imidazole rings is 1. The molecule has 3 nitrogen and oxygen atoms in total. The van der Waals surface area contributed by atoms with E-state index in [9.17, 15) is 0 Å². The highest BCUT2D eigenvalue weighted by Gasteiger charge is 2.14. The van der Waals surface area contributed by atoms with Gasteiger partial charge in [0.05, 0.1) is 0 Å². The molecule has 0 unspecified atom stereocenters. The van der Waals surface area contributed by atoms with Gasteiger partial charge in [0.15, 0.2) is 5.95 Å². The Morgan fingerprint density at radius 2 is 2.27 bits per heavy atom. The minimum atomic E-state index is 0.654. The average molecular weight is 151 g/mol. The Kier molecular flexibility index (Phi) is 1.79. The Labute approximate surface area is 66.2 Å². The molecule has 1 saturated carbocycles. The van der Waals surface area contributed by atoms with E-state index in [1.165, 1.54) is 25.7 Å². The number of nitrogens with zero attached hydrogens (tertiary/aromatic N) is 1. The van der Waals surface area contributed by atoms with Gasteiger partial charge in [-0.25, -0.2) is 4.98 Å². The zero-order valence-electron chi connectivity index (χ0n) is 6.51. The SMILES string of the molecule is c1c[nH]c(NC2CCCC2)n1. The van der Waals surface area contributed by atoms with E-state index < -0.39 is 0 Å². The van der Waals surface area contributed by atoms with Crippen LogP contribution in [0.4, 0.5) is 5.95 Å². The number of H-pyrrole nitrogens is 1. The van der Waals surface area contributed by atoms with Crippen LogP contribution >= 0.6 is 0 Å². The van der Waals surface area contributed by atoms with Crippen LogP contribution < -0.4 is 5.32 Å². The second kappa shape index (κ2) is 2.95. The maximum Gasteiger partial charge on any atom is 0.200 e. The van der Waals surface area contributed by atoms with E-state index >= 15 is 0 Å². The molecule has 1 aliphatic carbocycles. The quantitative estimate of drug-likeness (QED) is 0.676. The second-order valence-corrected chi connectivity index (χ2v) is 3.06. The minimum absolute atomic E-state index is 0.654. The number of anilines is 1. The lowest BCUT2D eigenvalue weighted by Gasteiger charge is -2.09. The van der Waals surface area contributed by atoms with Crippen molar-refractivity contribution in [1.82, 2.24) is 9.97 Å². The van der Waals surface area contributed by atoms with Gasteiger partial charge in [-0.3, -0.25) is 0 Å². The molecule has 0 aliphatic heterocycles. The highest BCUT2D eigenvalue weighted by molar-refractivity contribution is 5.24. The molecule has 1 aliphatic rings. The van der Waals surface area contributed by atoms with Gasteiger partial charge in [-0.1, -0.05) is 12.8 Å². The zero-order valence-corrected chi connectivity index (χ0v) is 6.51. The predicted octanol–water partition coefficient (Wildman–Crippen LogP) is 1.76. The number of nitrogens with one attached hydrogen (secondary N) is 2. The fourth-order valence-electron chi connectivity index (χ4n) is 1.61. The number of aromatic amines is 1. The number of hydrogen-bond acceptors (Lipinski definition) is 2. The first-order valence-corrected chi connectivity index (χ1v) is 4.21. The van der Waals surface area contributed by atoms with Crippen LogP contribution in [0.3, 0.4) is 0 Å². The van der Waals surface area contributed by atoms with Crippen LogP contribution in [0.2, 0.25) is 0 Å². The van der Waals surface area contributed by atoms with Crippen LogP contribution in [0, 0.1) is 0 Å². The number of rotatable bonds is 2. The Morgan fingerprint density at radius 3 is 2.91 bits per heavy atom. The van der Waals surface area contributed by atoms with Crippen molar-refractivity contribution >= 4 is 5.95 Å². The van der Waals surface area contributed by atoms with Crippen molar-refractivity contribution in [3.8, 4) is 0 Å². The van der Waals surface area contributed by atoms with Gasteiger partial charge in [-0.15, -0.1) is 0 Å². The van der Waals surface area contributed by atoms with Crippen molar-refractivity contribution in [2.45, 2.75) is 31.7 Å². The molecule has 0 spiro atoms. The molecule has 1 aromatic rings. The molecule has 2 N–H and O–H groups in total. The standard InChI is InChI=1S/C8H13N3/c1-2-4-7(3-1)11-8-9-5-6-10-8/h5-7H,1-4H2,(H2,9,10,11). The predicted molar refractivity (Wildman–Crippen MR) is 44.5 cm³/mol. The molecule has 0 atom stereocenters.